The second-order valence-corrected chi connectivity index (χ2v) is 9.08. The number of methoxy groups -OCH3 is 2. The van der Waals surface area contributed by atoms with Gasteiger partial charge >= 0.3 is 0 Å². The summed E-state index contributed by atoms with van der Waals surface area (Å²) in [5.74, 6) is 1.23. The number of nitrogens with zero attached hydrogens (tertiary/aromatic N) is 3. The van der Waals surface area contributed by atoms with Crippen molar-refractivity contribution >= 4 is 23.3 Å². The van der Waals surface area contributed by atoms with Crippen molar-refractivity contribution < 1.29 is 14.3 Å². The van der Waals surface area contributed by atoms with Gasteiger partial charge in [-0.1, -0.05) is 41.7 Å². The number of hydrogen-bond acceptors (Lipinski definition) is 6. The van der Waals surface area contributed by atoms with Crippen LogP contribution in [0.4, 0.5) is 0 Å². The smallest absolute Gasteiger partial charge is 0.271 e. The lowest BCUT2D eigenvalue weighted by atomic mass is 9.94. The minimum absolute atomic E-state index is 0.128. The summed E-state index contributed by atoms with van der Waals surface area (Å²) in [5.41, 5.74) is 2.52. The van der Waals surface area contributed by atoms with Gasteiger partial charge in [0.2, 0.25) is 0 Å². The van der Waals surface area contributed by atoms with Crippen LogP contribution in [0.1, 0.15) is 37.9 Å². The normalized spacial score (nSPS) is 15.5. The summed E-state index contributed by atoms with van der Waals surface area (Å²) in [6.07, 6.45) is 1.84. The molecule has 0 spiro atoms. The molecule has 0 unspecified atom stereocenters. The monoisotopic (exact) mass is 491 g/mol. The molecule has 0 radical (unpaired) electrons. The van der Waals surface area contributed by atoms with E-state index in [-0.39, 0.29) is 11.5 Å². The molecule has 1 atom stereocenters. The zero-order valence-electron chi connectivity index (χ0n) is 20.6. The maximum absolute atomic E-state index is 13.8. The van der Waals surface area contributed by atoms with Crippen LogP contribution >= 0.6 is 11.3 Å². The Morgan fingerprint density at radius 2 is 1.77 bits per heavy atom. The maximum atomic E-state index is 13.8. The Balaban J connectivity index is 1.96. The van der Waals surface area contributed by atoms with Gasteiger partial charge in [-0.25, -0.2) is 4.99 Å². The van der Waals surface area contributed by atoms with Gasteiger partial charge in [-0.05, 0) is 50.6 Å². The van der Waals surface area contributed by atoms with E-state index in [1.165, 1.54) is 11.3 Å². The van der Waals surface area contributed by atoms with Crippen LogP contribution in [-0.2, 0) is 4.79 Å². The van der Waals surface area contributed by atoms with Crippen molar-refractivity contribution in [1.29, 1.82) is 0 Å². The lowest BCUT2D eigenvalue weighted by molar-refractivity contribution is -0.127. The SMILES string of the molecule is CCN(CC)C(=O)C1=C(C)N=c2s/c(=C/c3ccc(OC)cc3)c(=O)n2[C@H]1c1ccccc1OC. The van der Waals surface area contributed by atoms with E-state index in [0.29, 0.717) is 39.4 Å². The molecule has 0 fully saturated rings. The van der Waals surface area contributed by atoms with Crippen molar-refractivity contribution in [3.05, 3.63) is 90.6 Å². The first kappa shape index (κ1) is 24.5. The molecule has 1 aliphatic heterocycles. The third-order valence-electron chi connectivity index (χ3n) is 6.15. The van der Waals surface area contributed by atoms with Crippen molar-refractivity contribution in [2.75, 3.05) is 27.3 Å². The Kier molecular flexibility index (Phi) is 7.21. The van der Waals surface area contributed by atoms with Crippen LogP contribution in [0, 0.1) is 0 Å². The molecule has 0 bridgehead atoms. The first-order valence-electron chi connectivity index (χ1n) is 11.5. The molecule has 8 heteroatoms. The number of hydrogen-bond donors (Lipinski definition) is 0. The number of amides is 1. The fourth-order valence-corrected chi connectivity index (χ4v) is 5.36. The molecule has 0 N–H and O–H groups in total. The van der Waals surface area contributed by atoms with Crippen molar-refractivity contribution in [3.63, 3.8) is 0 Å². The highest BCUT2D eigenvalue weighted by Gasteiger charge is 2.35. The Labute approximate surface area is 208 Å². The lowest BCUT2D eigenvalue weighted by Crippen LogP contribution is -2.43. The van der Waals surface area contributed by atoms with Crippen LogP contribution in [0.5, 0.6) is 11.5 Å². The Hall–Kier alpha value is -3.65. The summed E-state index contributed by atoms with van der Waals surface area (Å²) in [7, 11) is 3.21. The van der Waals surface area contributed by atoms with Gasteiger partial charge in [-0.2, -0.15) is 0 Å². The molecule has 182 valence electrons. The predicted molar refractivity (Wildman–Crippen MR) is 138 cm³/mol. The van der Waals surface area contributed by atoms with Gasteiger partial charge < -0.3 is 14.4 Å². The highest BCUT2D eigenvalue weighted by Crippen LogP contribution is 2.36. The molecular formula is C27H29N3O4S. The Morgan fingerprint density at radius 1 is 1.09 bits per heavy atom. The van der Waals surface area contributed by atoms with Crippen LogP contribution in [0.25, 0.3) is 6.08 Å². The molecule has 3 aromatic rings. The van der Waals surface area contributed by atoms with Gasteiger partial charge in [0.25, 0.3) is 11.5 Å². The Bertz CT molecular complexity index is 1450. The van der Waals surface area contributed by atoms with E-state index in [1.54, 1.807) is 23.7 Å². The van der Waals surface area contributed by atoms with Crippen LogP contribution in [-0.4, -0.2) is 42.7 Å². The number of carbonyl (C=O) groups is 1. The van der Waals surface area contributed by atoms with E-state index in [1.807, 2.05) is 75.4 Å². The number of carbonyl (C=O) groups excluding carboxylic acids is 1. The van der Waals surface area contributed by atoms with Crippen molar-refractivity contribution in [1.82, 2.24) is 9.47 Å². The summed E-state index contributed by atoms with van der Waals surface area (Å²) in [5, 5.41) is 0. The predicted octanol–water partition coefficient (Wildman–Crippen LogP) is 3.12. The zero-order valence-corrected chi connectivity index (χ0v) is 21.4. The number of likely N-dealkylation sites (N-methyl/N-ethyl adjacent to an activating group) is 1. The van der Waals surface area contributed by atoms with Gasteiger partial charge in [0.1, 0.15) is 17.5 Å². The molecule has 1 aliphatic rings. The molecule has 4 rings (SSSR count). The summed E-state index contributed by atoms with van der Waals surface area (Å²) >= 11 is 1.31. The first-order chi connectivity index (χ1) is 16.9. The summed E-state index contributed by atoms with van der Waals surface area (Å²) < 4.78 is 13.0. The third-order valence-corrected chi connectivity index (χ3v) is 7.13. The number of para-hydroxylation sites is 1. The van der Waals surface area contributed by atoms with Crippen LogP contribution < -0.4 is 24.4 Å². The van der Waals surface area contributed by atoms with Gasteiger partial charge in [-0.15, -0.1) is 0 Å². The lowest BCUT2D eigenvalue weighted by Gasteiger charge is -2.29. The number of fused-ring (bicyclic) bond motifs is 1. The number of thiazole rings is 1. The topological polar surface area (TPSA) is 73.1 Å². The van der Waals surface area contributed by atoms with Crippen LogP contribution in [0.2, 0.25) is 0 Å². The van der Waals surface area contributed by atoms with E-state index in [4.69, 9.17) is 14.5 Å². The van der Waals surface area contributed by atoms with E-state index in [2.05, 4.69) is 0 Å². The minimum atomic E-state index is -0.645. The van der Waals surface area contributed by atoms with E-state index in [0.717, 1.165) is 16.9 Å². The first-order valence-corrected chi connectivity index (χ1v) is 12.3. The zero-order chi connectivity index (χ0) is 25.1. The van der Waals surface area contributed by atoms with Crippen LogP contribution in [0.15, 0.2) is 69.6 Å². The highest BCUT2D eigenvalue weighted by molar-refractivity contribution is 7.07. The molecule has 1 aromatic heterocycles. The van der Waals surface area contributed by atoms with Crippen molar-refractivity contribution in [2.45, 2.75) is 26.8 Å². The summed E-state index contributed by atoms with van der Waals surface area (Å²) in [6.45, 7) is 6.85. The average Bonchev–Trinajstić information content (AvgIpc) is 3.18. The molecule has 35 heavy (non-hydrogen) atoms. The number of allylic oxidation sites excluding steroid dienone is 1. The second-order valence-electron chi connectivity index (χ2n) is 8.07. The number of benzene rings is 2. The largest absolute Gasteiger partial charge is 0.497 e. The molecular weight excluding hydrogens is 462 g/mol. The molecule has 0 saturated carbocycles. The molecule has 1 amide bonds. The number of aromatic nitrogens is 1. The molecule has 7 nitrogen and oxygen atoms in total. The molecule has 0 saturated heterocycles. The second kappa shape index (κ2) is 10.3. The highest BCUT2D eigenvalue weighted by atomic mass is 32.1. The summed E-state index contributed by atoms with van der Waals surface area (Å²) in [4.78, 5) is 34.5. The third kappa shape index (κ3) is 4.53. The fourth-order valence-electron chi connectivity index (χ4n) is 4.31. The van der Waals surface area contributed by atoms with E-state index >= 15 is 0 Å². The van der Waals surface area contributed by atoms with E-state index < -0.39 is 6.04 Å². The van der Waals surface area contributed by atoms with Gasteiger partial charge in [0, 0.05) is 18.7 Å². The van der Waals surface area contributed by atoms with Crippen molar-refractivity contribution in [3.8, 4) is 11.5 Å². The minimum Gasteiger partial charge on any atom is -0.497 e. The maximum Gasteiger partial charge on any atom is 0.271 e. The van der Waals surface area contributed by atoms with Crippen molar-refractivity contribution in [2.24, 2.45) is 4.99 Å². The average molecular weight is 492 g/mol. The number of rotatable bonds is 7. The van der Waals surface area contributed by atoms with E-state index in [9.17, 15) is 9.59 Å². The molecule has 2 aromatic carbocycles. The van der Waals surface area contributed by atoms with Gasteiger partial charge in [-0.3, -0.25) is 14.2 Å². The van der Waals surface area contributed by atoms with Gasteiger partial charge in [0.05, 0.1) is 30.0 Å². The fraction of sp³-hybridized carbons (Fsp3) is 0.296. The molecule has 2 heterocycles. The Morgan fingerprint density at radius 3 is 2.40 bits per heavy atom. The number of ether oxygens (including phenoxy) is 2. The van der Waals surface area contributed by atoms with Gasteiger partial charge in [0.15, 0.2) is 4.80 Å². The summed E-state index contributed by atoms with van der Waals surface area (Å²) in [6, 6.07) is 14.4. The van der Waals surface area contributed by atoms with Crippen LogP contribution in [0.3, 0.4) is 0 Å². The standard InChI is InChI=1S/C27H29N3O4S/c1-6-29(7-2)26(32)23-17(3)28-27-30(24(23)20-10-8-9-11-21(20)34-5)25(31)22(35-27)16-18-12-14-19(33-4)15-13-18/h8-16,24H,6-7H2,1-5H3/b22-16+/t24-/m0/s1. The molecule has 0 aliphatic carbocycles. The quantitative estimate of drug-likeness (QED) is 0.509.